The molecule has 7 aliphatic heterocycles. The standard InChI is InChI=1S/C61H88N12O25/c1-24(26-8-4-2-5-9-26)37-53(89)67-29(16-25-12-14-28(15-13-25)93-58-47(85)44(82)49(34(22-76)95-58)98-59-48(86)45(83)50-35(96-59)23-92-57(97-50)27-10-6-3-7-11-27)52(88)71-38(40(78)30-17-65-60(62)69-30)55(91)72-39(54(90)68-31(20-74)51(87)64-19-36(77)70-37)41(79)32-18-66-61(63)73(32)56-46(84)43(81)42(80)33(21-75)94-56/h2,4-5,8-9,12-15,24,27,29-35,37-50,56-59,74-76,78-86H,3,6-7,10-11,16-23H2,1H3,(H2,63,66)(H,64,87)(H,67,89)(H,68,90)(H,70,77)(H,71,88)(H,72,91)(H3,62,65,69)/t24-,29+,30-,31-,32-,33+,34+,35+,37?,38-,39+,40-,41-,42+,43-,44+,45+,46-,47-,48-,49+,50+,56-,57?,58-,59+/m0/s1. The molecule has 2 aromatic carbocycles. The highest BCUT2D eigenvalue weighted by Gasteiger charge is 2.56. The number of hydrogen-bond donors (Lipinski definition) is 21. The SMILES string of the molecule is C[C@@H](c1ccccc1)C1NC(=O)CNC(=O)[C@H](CO)NC(=O)[C@@H]([C@@H](O)[C@@H]2CN=C(N)N2[C@H]2O[C@H](CO)[C@@H](O)[C@H](O)[C@@H]2O)NC(=O)[C@H]([C@@H](O)[C@@H]2CNC(N)=N2)NC(=O)[C@@H](Cc2ccc(O[C@H]3O[C@H](CO)[C@@H](O[C@H]4O[C@@H]5COC(C6CCCCC6)O[C@H]5[C@H](O)[C@@H]4O)[C@H](O)[C@@H]3O)cc2)NC1=O. The van der Waals surface area contributed by atoms with Gasteiger partial charge in [0.15, 0.2) is 30.7 Å². The van der Waals surface area contributed by atoms with E-state index in [4.69, 9.17) is 44.6 Å². The molecule has 23 N–H and O–H groups in total. The second kappa shape index (κ2) is 32.5. The summed E-state index contributed by atoms with van der Waals surface area (Å²) in [6.45, 7) is -2.98. The van der Waals surface area contributed by atoms with E-state index in [2.05, 4.69) is 47.2 Å². The van der Waals surface area contributed by atoms with E-state index in [0.29, 0.717) is 5.56 Å². The highest BCUT2D eigenvalue weighted by atomic mass is 16.8. The van der Waals surface area contributed by atoms with Crippen molar-refractivity contribution in [2.45, 2.75) is 204 Å². The predicted octanol–water partition coefficient (Wildman–Crippen LogP) is -10.6. The largest absolute Gasteiger partial charge is 0.462 e. The van der Waals surface area contributed by atoms with E-state index in [-0.39, 0.29) is 36.3 Å². The van der Waals surface area contributed by atoms with E-state index in [1.165, 1.54) is 24.3 Å². The van der Waals surface area contributed by atoms with Crippen LogP contribution in [0, 0.1) is 5.92 Å². The zero-order chi connectivity index (χ0) is 70.4. The van der Waals surface area contributed by atoms with E-state index < -0.39 is 239 Å². The number of nitrogens with zero attached hydrogens (tertiary/aromatic N) is 3. The van der Waals surface area contributed by atoms with E-state index in [1.807, 2.05) is 0 Å². The summed E-state index contributed by atoms with van der Waals surface area (Å²) < 4.78 is 41.6. The number of rotatable bonds is 17. The van der Waals surface area contributed by atoms with Crippen molar-refractivity contribution in [2.75, 3.05) is 46.1 Å². The maximum Gasteiger partial charge on any atom is 0.246 e. The fourth-order valence-electron chi connectivity index (χ4n) is 13.4. The normalized spacial score (nSPS) is 38.3. The minimum Gasteiger partial charge on any atom is -0.462 e. The van der Waals surface area contributed by atoms with Gasteiger partial charge in [-0.3, -0.25) is 33.8 Å². The number of aliphatic hydroxyl groups is 12. The van der Waals surface area contributed by atoms with Crippen LogP contribution in [0.5, 0.6) is 5.75 Å². The van der Waals surface area contributed by atoms with E-state index in [0.717, 1.165) is 37.0 Å². The number of aliphatic imine (C=N–C) groups is 2. The van der Waals surface area contributed by atoms with Gasteiger partial charge in [0.2, 0.25) is 41.7 Å². The molecule has 0 spiro atoms. The molecule has 98 heavy (non-hydrogen) atoms. The number of hydrogen-bond acceptors (Lipinski definition) is 31. The van der Waals surface area contributed by atoms with Gasteiger partial charge in [0.1, 0.15) is 121 Å². The van der Waals surface area contributed by atoms with Crippen molar-refractivity contribution in [3.63, 3.8) is 0 Å². The smallest absolute Gasteiger partial charge is 0.246 e. The first kappa shape index (κ1) is 73.6. The van der Waals surface area contributed by atoms with Crippen LogP contribution in [0.15, 0.2) is 64.6 Å². The summed E-state index contributed by atoms with van der Waals surface area (Å²) in [5.74, 6) is -8.76. The van der Waals surface area contributed by atoms with Crippen molar-refractivity contribution in [2.24, 2.45) is 27.4 Å². The minimum absolute atomic E-state index is 0.00470. The quantitative estimate of drug-likeness (QED) is 0.0699. The number of carbonyl (C=O) groups excluding carboxylic acids is 6. The lowest BCUT2D eigenvalue weighted by molar-refractivity contribution is -0.386. The second-order valence-corrected chi connectivity index (χ2v) is 25.6. The molecule has 10 rings (SSSR count). The molecule has 26 atom stereocenters. The highest BCUT2D eigenvalue weighted by Crippen LogP contribution is 2.38. The number of nitrogens with one attached hydrogen (secondary N) is 7. The van der Waals surface area contributed by atoms with Crippen LogP contribution in [0.2, 0.25) is 0 Å². The van der Waals surface area contributed by atoms with Crippen molar-refractivity contribution < 1.29 is 123 Å². The van der Waals surface area contributed by atoms with Crippen molar-refractivity contribution in [3.05, 3.63) is 65.7 Å². The lowest BCUT2D eigenvalue weighted by Gasteiger charge is -2.49. The Hall–Kier alpha value is -7.12. The van der Waals surface area contributed by atoms with Crippen LogP contribution in [0.3, 0.4) is 0 Å². The summed E-state index contributed by atoms with van der Waals surface area (Å²) in [5.41, 5.74) is 12.9. The predicted molar refractivity (Wildman–Crippen MR) is 331 cm³/mol. The minimum atomic E-state index is -2.34. The number of benzene rings is 2. The van der Waals surface area contributed by atoms with E-state index >= 15 is 9.59 Å². The molecule has 0 radical (unpaired) electrons. The molecule has 1 aliphatic carbocycles. The highest BCUT2D eigenvalue weighted by molar-refractivity contribution is 5.98. The van der Waals surface area contributed by atoms with Crippen LogP contribution < -0.4 is 53.4 Å². The van der Waals surface area contributed by atoms with Gasteiger partial charge in [0.05, 0.1) is 51.6 Å². The Kier molecular flexibility index (Phi) is 24.4. The van der Waals surface area contributed by atoms with E-state index in [1.54, 1.807) is 37.3 Å². The van der Waals surface area contributed by atoms with E-state index in [9.17, 15) is 80.5 Å². The number of ether oxygens (including phenoxy) is 7. The Morgan fingerprint density at radius 3 is 1.96 bits per heavy atom. The summed E-state index contributed by atoms with van der Waals surface area (Å²) in [6, 6.07) is 1.02. The number of aliphatic hydroxyl groups excluding tert-OH is 12. The van der Waals surface area contributed by atoms with Crippen molar-refractivity contribution in [1.82, 2.24) is 42.1 Å². The average molecular weight is 1390 g/mol. The molecule has 6 amide bonds. The molecular weight excluding hydrogens is 1300 g/mol. The first-order valence-electron chi connectivity index (χ1n) is 32.5. The van der Waals surface area contributed by atoms with Crippen LogP contribution in [0.1, 0.15) is 56.1 Å². The molecular formula is C61H88N12O25. The zero-order valence-corrected chi connectivity index (χ0v) is 53.1. The summed E-state index contributed by atoms with van der Waals surface area (Å²) in [7, 11) is 0. The molecule has 8 aliphatic rings. The Morgan fingerprint density at radius 1 is 0.633 bits per heavy atom. The van der Waals surface area contributed by atoms with Gasteiger partial charge >= 0.3 is 0 Å². The Labute approximate surface area is 560 Å². The maximum atomic E-state index is 15.2. The fourth-order valence-corrected chi connectivity index (χ4v) is 13.4. The first-order valence-corrected chi connectivity index (χ1v) is 32.5. The Morgan fingerprint density at radius 2 is 1.29 bits per heavy atom. The number of carbonyl (C=O) groups is 6. The molecule has 5 saturated heterocycles. The topological polar surface area (TPSA) is 574 Å². The molecule has 37 nitrogen and oxygen atoms in total. The van der Waals surface area contributed by atoms with Gasteiger partial charge in [0, 0.05) is 24.8 Å². The van der Waals surface area contributed by atoms with Crippen molar-refractivity contribution in [3.8, 4) is 5.75 Å². The molecule has 6 fully saturated rings. The van der Waals surface area contributed by atoms with Crippen molar-refractivity contribution >= 4 is 47.4 Å². The number of guanidine groups is 2. The lowest BCUT2D eigenvalue weighted by atomic mass is 9.88. The third-order valence-electron chi connectivity index (χ3n) is 19.0. The van der Waals surface area contributed by atoms with Gasteiger partial charge in [-0.1, -0.05) is 68.7 Å². The molecule has 7 heterocycles. The van der Waals surface area contributed by atoms with Gasteiger partial charge in [-0.15, -0.1) is 0 Å². The number of amides is 6. The van der Waals surface area contributed by atoms with Gasteiger partial charge in [0.25, 0.3) is 0 Å². The van der Waals surface area contributed by atoms with Gasteiger partial charge < -0.3 is 148 Å². The van der Waals surface area contributed by atoms with Gasteiger partial charge in [-0.2, -0.15) is 0 Å². The summed E-state index contributed by atoms with van der Waals surface area (Å²) >= 11 is 0. The molecule has 2 aromatic rings. The van der Waals surface area contributed by atoms with Gasteiger partial charge in [-0.05, 0) is 36.1 Å². The van der Waals surface area contributed by atoms with Crippen LogP contribution in [-0.2, 0) is 63.6 Å². The molecule has 2 unspecified atom stereocenters. The summed E-state index contributed by atoms with van der Waals surface area (Å²) in [5, 5.41) is 150. The molecule has 0 aromatic heterocycles. The van der Waals surface area contributed by atoms with Gasteiger partial charge in [-0.25, -0.2) is 4.99 Å². The average Bonchev–Trinajstić information content (AvgIpc) is 1.29. The zero-order valence-electron chi connectivity index (χ0n) is 53.1. The Balaban J connectivity index is 0.909. The summed E-state index contributed by atoms with van der Waals surface area (Å²) in [6.07, 6.45) is -25.0. The summed E-state index contributed by atoms with van der Waals surface area (Å²) in [4.78, 5) is 96.6. The van der Waals surface area contributed by atoms with Crippen molar-refractivity contribution in [1.29, 1.82) is 0 Å². The monoisotopic (exact) mass is 1390 g/mol. The molecule has 542 valence electrons. The van der Waals surface area contributed by atoms with Crippen LogP contribution in [0.4, 0.5) is 0 Å². The lowest BCUT2D eigenvalue weighted by Crippen LogP contribution is -2.70. The maximum absolute atomic E-state index is 15.2. The molecule has 0 bridgehead atoms. The Bertz CT molecular complexity index is 3140. The third kappa shape index (κ3) is 16.4. The van der Waals surface area contributed by atoms with Crippen LogP contribution >= 0.6 is 0 Å². The molecule has 37 heteroatoms. The van der Waals surface area contributed by atoms with Crippen LogP contribution in [-0.4, -0.2) is 312 Å². The second-order valence-electron chi connectivity index (χ2n) is 25.6. The third-order valence-corrected chi connectivity index (χ3v) is 19.0. The number of nitrogens with two attached hydrogens (primary N) is 2. The fraction of sp³-hybridized carbons (Fsp3) is 0.672. The number of fused-ring (bicyclic) bond motifs is 1. The van der Waals surface area contributed by atoms with Crippen LogP contribution in [0.25, 0.3) is 0 Å². The first-order chi connectivity index (χ1) is 46.9. The molecule has 1 saturated carbocycles.